The number of methoxy groups -OCH3 is 1. The number of alkyl halides is 3. The van der Waals surface area contributed by atoms with Gasteiger partial charge in [0.05, 0.1) is 7.11 Å². The molecule has 1 saturated heterocycles. The van der Waals surface area contributed by atoms with Gasteiger partial charge >= 0.3 is 6.18 Å². The van der Waals surface area contributed by atoms with Crippen LogP contribution in [0.2, 0.25) is 0 Å². The average molecular weight is 402 g/mol. The van der Waals surface area contributed by atoms with Gasteiger partial charge in [0.1, 0.15) is 0 Å². The molecule has 0 radical (unpaired) electrons. The first-order valence-electron chi connectivity index (χ1n) is 9.62. The predicted octanol–water partition coefficient (Wildman–Crippen LogP) is 3.42. The minimum Gasteiger partial charge on any atom is -0.493 e. The van der Waals surface area contributed by atoms with E-state index < -0.39 is 12.8 Å². The summed E-state index contributed by atoms with van der Waals surface area (Å²) in [4.78, 5) is 14.4. The number of aryl methyl sites for hydroxylation is 1. The number of benzene rings is 1. The summed E-state index contributed by atoms with van der Waals surface area (Å²) in [5.74, 6) is 0.925. The lowest BCUT2D eigenvalue weighted by Gasteiger charge is -2.30. The van der Waals surface area contributed by atoms with Crippen molar-refractivity contribution in [3.05, 3.63) is 23.8 Å². The Kier molecular flexibility index (Phi) is 8.41. The van der Waals surface area contributed by atoms with Crippen molar-refractivity contribution in [1.82, 2.24) is 10.2 Å². The van der Waals surface area contributed by atoms with Gasteiger partial charge in [-0.2, -0.15) is 13.2 Å². The summed E-state index contributed by atoms with van der Waals surface area (Å²) in [6.07, 6.45) is -1.15. The van der Waals surface area contributed by atoms with E-state index in [-0.39, 0.29) is 17.4 Å². The Morgan fingerprint density at radius 1 is 1.32 bits per heavy atom. The van der Waals surface area contributed by atoms with E-state index in [2.05, 4.69) is 17.1 Å². The van der Waals surface area contributed by atoms with Crippen molar-refractivity contribution in [2.24, 2.45) is 5.92 Å². The molecule has 0 spiro atoms. The van der Waals surface area contributed by atoms with Crippen LogP contribution in [0.1, 0.15) is 31.7 Å². The molecule has 1 amide bonds. The Balaban J connectivity index is 1.74. The summed E-state index contributed by atoms with van der Waals surface area (Å²) in [7, 11) is 1.37. The van der Waals surface area contributed by atoms with E-state index >= 15 is 0 Å². The molecule has 1 aliphatic heterocycles. The molecule has 1 aliphatic rings. The lowest BCUT2D eigenvalue weighted by atomic mass is 10.0. The largest absolute Gasteiger partial charge is 0.493 e. The number of hydrogen-bond donors (Lipinski definition) is 1. The number of likely N-dealkylation sites (tertiary alicyclic amines) is 1. The summed E-state index contributed by atoms with van der Waals surface area (Å²) >= 11 is 0. The SMILES string of the molecule is COc1cc(CCC(=O)NCCN2CCCC(C)C2)ccc1OCC(F)(F)F. The van der Waals surface area contributed by atoms with Crippen LogP contribution >= 0.6 is 0 Å². The van der Waals surface area contributed by atoms with E-state index in [1.807, 2.05) is 0 Å². The Hall–Kier alpha value is -1.96. The molecule has 0 saturated carbocycles. The smallest absolute Gasteiger partial charge is 0.422 e. The van der Waals surface area contributed by atoms with E-state index in [4.69, 9.17) is 9.47 Å². The van der Waals surface area contributed by atoms with Crippen LogP contribution in [-0.2, 0) is 11.2 Å². The lowest BCUT2D eigenvalue weighted by molar-refractivity contribution is -0.153. The van der Waals surface area contributed by atoms with Crippen LogP contribution in [0.3, 0.4) is 0 Å². The van der Waals surface area contributed by atoms with Crippen molar-refractivity contribution in [2.75, 3.05) is 39.9 Å². The summed E-state index contributed by atoms with van der Waals surface area (Å²) in [6, 6.07) is 4.69. The summed E-state index contributed by atoms with van der Waals surface area (Å²) < 4.78 is 46.7. The Bertz CT molecular complexity index is 638. The third-order valence-electron chi connectivity index (χ3n) is 4.75. The second-order valence-electron chi connectivity index (χ2n) is 7.29. The molecule has 1 fully saturated rings. The zero-order valence-electron chi connectivity index (χ0n) is 16.5. The van der Waals surface area contributed by atoms with Crippen molar-refractivity contribution in [3.63, 3.8) is 0 Å². The minimum absolute atomic E-state index is 0.0313. The number of carbonyl (C=O) groups is 1. The maximum Gasteiger partial charge on any atom is 0.422 e. The van der Waals surface area contributed by atoms with Crippen LogP contribution in [0, 0.1) is 5.92 Å². The van der Waals surface area contributed by atoms with Gasteiger partial charge in [-0.25, -0.2) is 0 Å². The van der Waals surface area contributed by atoms with Crippen LogP contribution in [0.4, 0.5) is 13.2 Å². The molecule has 2 rings (SSSR count). The normalized spacial score (nSPS) is 18.0. The van der Waals surface area contributed by atoms with Gasteiger partial charge in [-0.3, -0.25) is 4.79 Å². The number of nitrogens with one attached hydrogen (secondary N) is 1. The molecule has 1 atom stereocenters. The zero-order valence-corrected chi connectivity index (χ0v) is 16.5. The molecule has 1 aromatic rings. The van der Waals surface area contributed by atoms with Gasteiger partial charge < -0.3 is 19.7 Å². The highest BCUT2D eigenvalue weighted by atomic mass is 19.4. The maximum absolute atomic E-state index is 12.3. The molecule has 1 heterocycles. The fourth-order valence-corrected chi connectivity index (χ4v) is 3.34. The van der Waals surface area contributed by atoms with Crippen molar-refractivity contribution < 1.29 is 27.4 Å². The molecule has 158 valence electrons. The van der Waals surface area contributed by atoms with Gasteiger partial charge in [-0.05, 0) is 49.4 Å². The van der Waals surface area contributed by atoms with Crippen LogP contribution < -0.4 is 14.8 Å². The quantitative estimate of drug-likeness (QED) is 0.688. The first kappa shape index (κ1) is 22.3. The summed E-state index contributed by atoms with van der Waals surface area (Å²) in [5, 5.41) is 2.93. The van der Waals surface area contributed by atoms with Crippen LogP contribution in [-0.4, -0.2) is 56.9 Å². The number of hydrogen-bond acceptors (Lipinski definition) is 4. The van der Waals surface area contributed by atoms with Gasteiger partial charge in [0, 0.05) is 26.1 Å². The first-order chi connectivity index (χ1) is 13.3. The fraction of sp³-hybridized carbons (Fsp3) is 0.650. The first-order valence-corrected chi connectivity index (χ1v) is 9.62. The van der Waals surface area contributed by atoms with Gasteiger partial charge in [0.15, 0.2) is 18.1 Å². The second-order valence-corrected chi connectivity index (χ2v) is 7.29. The lowest BCUT2D eigenvalue weighted by Crippen LogP contribution is -2.40. The van der Waals surface area contributed by atoms with Crippen LogP contribution in [0.15, 0.2) is 18.2 Å². The number of rotatable bonds is 9. The van der Waals surface area contributed by atoms with E-state index in [1.165, 1.54) is 26.0 Å². The molecule has 1 aromatic carbocycles. The maximum atomic E-state index is 12.3. The number of carbonyl (C=O) groups excluding carboxylic acids is 1. The number of halogens is 3. The highest BCUT2D eigenvalue weighted by Gasteiger charge is 2.29. The van der Waals surface area contributed by atoms with Gasteiger partial charge in [0.25, 0.3) is 0 Å². The Morgan fingerprint density at radius 3 is 2.79 bits per heavy atom. The van der Waals surface area contributed by atoms with Crippen molar-refractivity contribution >= 4 is 5.91 Å². The molecule has 0 aromatic heterocycles. The van der Waals surface area contributed by atoms with Crippen LogP contribution in [0.5, 0.6) is 11.5 Å². The number of nitrogens with zero attached hydrogens (tertiary/aromatic N) is 1. The monoisotopic (exact) mass is 402 g/mol. The predicted molar refractivity (Wildman–Crippen MR) is 101 cm³/mol. The summed E-state index contributed by atoms with van der Waals surface area (Å²) in [5.41, 5.74) is 0.802. The number of ether oxygens (including phenoxy) is 2. The molecule has 5 nitrogen and oxygen atoms in total. The average Bonchev–Trinajstić information content (AvgIpc) is 2.64. The Labute approximate surface area is 164 Å². The molecule has 0 bridgehead atoms. The third kappa shape index (κ3) is 7.96. The molecule has 0 aliphatic carbocycles. The van der Waals surface area contributed by atoms with Gasteiger partial charge in [-0.15, -0.1) is 0 Å². The van der Waals surface area contributed by atoms with Gasteiger partial charge in [-0.1, -0.05) is 13.0 Å². The zero-order chi connectivity index (χ0) is 20.6. The molecule has 8 heteroatoms. The number of amides is 1. The number of piperidine rings is 1. The van der Waals surface area contributed by atoms with Crippen molar-refractivity contribution in [1.29, 1.82) is 0 Å². The van der Waals surface area contributed by atoms with Crippen molar-refractivity contribution in [3.8, 4) is 11.5 Å². The molecule has 1 N–H and O–H groups in total. The van der Waals surface area contributed by atoms with E-state index in [9.17, 15) is 18.0 Å². The highest BCUT2D eigenvalue weighted by Crippen LogP contribution is 2.30. The van der Waals surface area contributed by atoms with Crippen molar-refractivity contribution in [2.45, 2.75) is 38.8 Å². The Morgan fingerprint density at radius 2 is 2.11 bits per heavy atom. The molecule has 28 heavy (non-hydrogen) atoms. The van der Waals surface area contributed by atoms with E-state index in [1.54, 1.807) is 12.1 Å². The fourth-order valence-electron chi connectivity index (χ4n) is 3.34. The topological polar surface area (TPSA) is 50.8 Å². The molecule has 1 unspecified atom stereocenters. The minimum atomic E-state index is -4.41. The van der Waals surface area contributed by atoms with E-state index in [0.29, 0.717) is 25.3 Å². The standard InChI is InChI=1S/C20H29F3N2O3/c1-15-4-3-10-25(13-15)11-9-24-19(26)8-6-16-5-7-17(18(12-16)27-2)28-14-20(21,22)23/h5,7,12,15H,3-4,6,8-11,13-14H2,1-2H3,(H,24,26). The molecular formula is C20H29F3N2O3. The summed E-state index contributed by atoms with van der Waals surface area (Å²) in [6.45, 7) is 4.52. The highest BCUT2D eigenvalue weighted by molar-refractivity contribution is 5.76. The van der Waals surface area contributed by atoms with Crippen LogP contribution in [0.25, 0.3) is 0 Å². The third-order valence-corrected chi connectivity index (χ3v) is 4.75. The second kappa shape index (κ2) is 10.5. The molecular weight excluding hydrogens is 373 g/mol. The van der Waals surface area contributed by atoms with Gasteiger partial charge in [0.2, 0.25) is 5.91 Å². The van der Waals surface area contributed by atoms with E-state index in [0.717, 1.165) is 25.2 Å².